The average molecular weight is 556 g/mol. The standard InChI is InChI=1S/C32H49NO5Si/c1-24(26-18-14-11-15-19-26)33(21-25-16-12-10-13-17-25)27(20-29(34)38-31(2,3)4)30-28(35-23-36-30)22-37-39(8,9)32(5,6)7/h10-19,24,27-28,30H,20-23H2,1-9H3/t24?,27?,28-,30+/m0/s1. The summed E-state index contributed by atoms with van der Waals surface area (Å²) >= 11 is 0. The molecule has 1 aliphatic heterocycles. The van der Waals surface area contributed by atoms with Crippen LogP contribution in [0, 0.1) is 0 Å². The number of ether oxygens (including phenoxy) is 3. The minimum absolute atomic E-state index is 0.0185. The molecule has 2 unspecified atom stereocenters. The highest BCUT2D eigenvalue weighted by Gasteiger charge is 2.44. The molecule has 1 saturated heterocycles. The fourth-order valence-corrected chi connectivity index (χ4v) is 5.66. The van der Waals surface area contributed by atoms with Gasteiger partial charge in [-0.15, -0.1) is 0 Å². The van der Waals surface area contributed by atoms with E-state index in [9.17, 15) is 4.79 Å². The van der Waals surface area contributed by atoms with Crippen molar-refractivity contribution >= 4 is 14.3 Å². The monoisotopic (exact) mass is 555 g/mol. The molecule has 216 valence electrons. The first-order chi connectivity index (χ1) is 18.2. The van der Waals surface area contributed by atoms with Crippen LogP contribution >= 0.6 is 0 Å². The molecule has 1 aliphatic rings. The summed E-state index contributed by atoms with van der Waals surface area (Å²) in [5, 5.41) is 0.0824. The zero-order valence-electron chi connectivity index (χ0n) is 25.4. The third-order valence-corrected chi connectivity index (χ3v) is 12.4. The van der Waals surface area contributed by atoms with Crippen molar-refractivity contribution in [3.8, 4) is 0 Å². The summed E-state index contributed by atoms with van der Waals surface area (Å²) in [6, 6.07) is 20.5. The Morgan fingerprint density at radius 3 is 2.13 bits per heavy atom. The van der Waals surface area contributed by atoms with Crippen LogP contribution in [0.3, 0.4) is 0 Å². The van der Waals surface area contributed by atoms with E-state index in [4.69, 9.17) is 18.6 Å². The number of carbonyl (C=O) groups excluding carboxylic acids is 1. The summed E-state index contributed by atoms with van der Waals surface area (Å²) in [6.45, 7) is 20.4. The SMILES string of the molecule is CC(c1ccccc1)N(Cc1ccccc1)C(CC(=O)OC(C)(C)C)[C@H]1OCO[C@H]1CO[Si](C)(C)C(C)(C)C. The van der Waals surface area contributed by atoms with Gasteiger partial charge >= 0.3 is 5.97 Å². The van der Waals surface area contributed by atoms with Crippen LogP contribution in [-0.2, 0) is 30.0 Å². The van der Waals surface area contributed by atoms with E-state index in [1.165, 1.54) is 11.1 Å². The topological polar surface area (TPSA) is 57.2 Å². The lowest BCUT2D eigenvalue weighted by Gasteiger charge is -2.41. The minimum Gasteiger partial charge on any atom is -0.460 e. The highest BCUT2D eigenvalue weighted by molar-refractivity contribution is 6.74. The first kappa shape index (κ1) is 31.5. The number of benzene rings is 2. The van der Waals surface area contributed by atoms with E-state index in [1.807, 2.05) is 32.9 Å². The van der Waals surface area contributed by atoms with Gasteiger partial charge in [-0.3, -0.25) is 9.69 Å². The Kier molecular flexibility index (Phi) is 10.6. The van der Waals surface area contributed by atoms with Crippen molar-refractivity contribution in [1.29, 1.82) is 0 Å². The molecular weight excluding hydrogens is 506 g/mol. The maximum atomic E-state index is 13.3. The maximum Gasteiger partial charge on any atom is 0.308 e. The van der Waals surface area contributed by atoms with Crippen LogP contribution in [0.25, 0.3) is 0 Å². The van der Waals surface area contributed by atoms with Crippen molar-refractivity contribution in [2.24, 2.45) is 0 Å². The summed E-state index contributed by atoms with van der Waals surface area (Å²) in [5.74, 6) is -0.245. The van der Waals surface area contributed by atoms with Gasteiger partial charge in [-0.05, 0) is 57.0 Å². The number of hydrogen-bond donors (Lipinski definition) is 0. The molecule has 0 saturated carbocycles. The van der Waals surface area contributed by atoms with Gasteiger partial charge in [0.2, 0.25) is 0 Å². The third kappa shape index (κ3) is 8.98. The first-order valence-electron chi connectivity index (χ1n) is 14.1. The molecule has 0 N–H and O–H groups in total. The molecule has 3 rings (SSSR count). The Morgan fingerprint density at radius 1 is 0.974 bits per heavy atom. The fourth-order valence-electron chi connectivity index (χ4n) is 4.65. The molecule has 6 nitrogen and oxygen atoms in total. The van der Waals surface area contributed by atoms with Gasteiger partial charge in [0.1, 0.15) is 24.6 Å². The second-order valence-corrected chi connectivity index (χ2v) is 17.9. The zero-order chi connectivity index (χ0) is 28.8. The molecule has 7 heteroatoms. The zero-order valence-corrected chi connectivity index (χ0v) is 26.4. The summed E-state index contributed by atoms with van der Waals surface area (Å²) in [6.07, 6.45) is -0.448. The van der Waals surface area contributed by atoms with E-state index in [1.54, 1.807) is 0 Å². The molecule has 0 aliphatic carbocycles. The Bertz CT molecular complexity index is 1030. The van der Waals surface area contributed by atoms with Crippen molar-refractivity contribution in [1.82, 2.24) is 4.90 Å². The number of carbonyl (C=O) groups is 1. The first-order valence-corrected chi connectivity index (χ1v) is 17.0. The van der Waals surface area contributed by atoms with Crippen LogP contribution in [0.5, 0.6) is 0 Å². The largest absolute Gasteiger partial charge is 0.460 e. The summed E-state index contributed by atoms with van der Waals surface area (Å²) in [5.41, 5.74) is 1.77. The molecule has 4 atom stereocenters. The van der Waals surface area contributed by atoms with Gasteiger partial charge in [-0.1, -0.05) is 81.4 Å². The van der Waals surface area contributed by atoms with Gasteiger partial charge < -0.3 is 18.6 Å². The summed E-state index contributed by atoms with van der Waals surface area (Å²) in [7, 11) is -2.00. The number of nitrogens with zero attached hydrogens (tertiary/aromatic N) is 1. The van der Waals surface area contributed by atoms with E-state index in [2.05, 4.69) is 94.2 Å². The van der Waals surface area contributed by atoms with Crippen LogP contribution in [0.4, 0.5) is 0 Å². The molecule has 0 bridgehead atoms. The normalized spacial score (nSPS) is 20.2. The van der Waals surface area contributed by atoms with Gasteiger partial charge in [0.15, 0.2) is 8.32 Å². The second kappa shape index (κ2) is 13.1. The Labute approximate surface area is 237 Å². The Balaban J connectivity index is 1.98. The van der Waals surface area contributed by atoms with Crippen LogP contribution in [0.1, 0.15) is 72.1 Å². The van der Waals surface area contributed by atoms with Crippen LogP contribution < -0.4 is 0 Å². The second-order valence-electron chi connectivity index (χ2n) is 13.1. The molecule has 0 radical (unpaired) electrons. The summed E-state index contributed by atoms with van der Waals surface area (Å²) in [4.78, 5) is 15.7. The molecule has 1 heterocycles. The highest BCUT2D eigenvalue weighted by Crippen LogP contribution is 2.38. The predicted octanol–water partition coefficient (Wildman–Crippen LogP) is 7.11. The average Bonchev–Trinajstić information content (AvgIpc) is 3.32. The van der Waals surface area contributed by atoms with Gasteiger partial charge in [-0.2, -0.15) is 0 Å². The molecular formula is C32H49NO5Si. The third-order valence-electron chi connectivity index (χ3n) is 7.91. The van der Waals surface area contributed by atoms with Crippen molar-refractivity contribution in [2.75, 3.05) is 13.4 Å². The predicted molar refractivity (Wildman–Crippen MR) is 159 cm³/mol. The highest BCUT2D eigenvalue weighted by atomic mass is 28.4. The van der Waals surface area contributed by atoms with E-state index in [0.717, 1.165) is 0 Å². The number of rotatable bonds is 11. The smallest absolute Gasteiger partial charge is 0.308 e. The van der Waals surface area contributed by atoms with Crippen molar-refractivity contribution in [2.45, 2.75) is 109 Å². The van der Waals surface area contributed by atoms with E-state index in [0.29, 0.717) is 13.2 Å². The van der Waals surface area contributed by atoms with E-state index < -0.39 is 13.9 Å². The van der Waals surface area contributed by atoms with E-state index >= 15 is 0 Å². The Hall–Kier alpha value is -2.03. The molecule has 2 aromatic carbocycles. The molecule has 2 aromatic rings. The molecule has 1 fully saturated rings. The van der Waals surface area contributed by atoms with Crippen molar-refractivity contribution in [3.63, 3.8) is 0 Å². The lowest BCUT2D eigenvalue weighted by Crippen LogP contribution is -2.52. The van der Waals surface area contributed by atoms with Crippen LogP contribution in [0.2, 0.25) is 18.1 Å². The van der Waals surface area contributed by atoms with Gasteiger partial charge in [-0.25, -0.2) is 0 Å². The molecule has 0 aromatic heterocycles. The lowest BCUT2D eigenvalue weighted by molar-refractivity contribution is -0.158. The van der Waals surface area contributed by atoms with E-state index in [-0.39, 0.29) is 48.5 Å². The summed E-state index contributed by atoms with van der Waals surface area (Å²) < 4.78 is 24.8. The van der Waals surface area contributed by atoms with Crippen molar-refractivity contribution < 1.29 is 23.4 Å². The molecule has 0 amide bonds. The molecule has 0 spiro atoms. The minimum atomic E-state index is -2.00. The maximum absolute atomic E-state index is 13.3. The van der Waals surface area contributed by atoms with Gasteiger partial charge in [0.25, 0.3) is 0 Å². The van der Waals surface area contributed by atoms with Crippen LogP contribution in [0.15, 0.2) is 60.7 Å². The van der Waals surface area contributed by atoms with Crippen LogP contribution in [-0.4, -0.2) is 56.4 Å². The van der Waals surface area contributed by atoms with Crippen molar-refractivity contribution in [3.05, 3.63) is 71.8 Å². The van der Waals surface area contributed by atoms with Gasteiger partial charge in [0.05, 0.1) is 19.1 Å². The lowest BCUT2D eigenvalue weighted by atomic mass is 9.95. The quantitative estimate of drug-likeness (QED) is 0.217. The Morgan fingerprint density at radius 2 is 1.56 bits per heavy atom. The fraction of sp³-hybridized carbons (Fsp3) is 0.594. The van der Waals surface area contributed by atoms with Gasteiger partial charge in [0, 0.05) is 12.6 Å². The number of esters is 1. The molecule has 39 heavy (non-hydrogen) atoms. The number of hydrogen-bond acceptors (Lipinski definition) is 6.